The number of fused-ring (bicyclic) bond motifs is 1. The summed E-state index contributed by atoms with van der Waals surface area (Å²) < 4.78 is 1.71. The Bertz CT molecular complexity index is 644. The SMILES string of the molecule is CC(=O)CCCn1c(=O)c(C)nc2ccccc21. The maximum atomic E-state index is 12.1. The third kappa shape index (κ3) is 2.47. The smallest absolute Gasteiger partial charge is 0.272 e. The molecule has 4 heteroatoms. The number of aryl methyl sites for hydroxylation is 2. The number of aromatic nitrogens is 2. The monoisotopic (exact) mass is 244 g/mol. The number of carbonyl (C=O) groups is 1. The number of hydrogen-bond donors (Lipinski definition) is 0. The molecule has 0 saturated carbocycles. The zero-order valence-electron chi connectivity index (χ0n) is 10.6. The Kier molecular flexibility index (Phi) is 3.55. The summed E-state index contributed by atoms with van der Waals surface area (Å²) in [5.74, 6) is 0.151. The van der Waals surface area contributed by atoms with Crippen LogP contribution in [0, 0.1) is 6.92 Å². The third-order valence-corrected chi connectivity index (χ3v) is 2.93. The molecule has 1 aromatic heterocycles. The highest BCUT2D eigenvalue weighted by Crippen LogP contribution is 2.10. The topological polar surface area (TPSA) is 52.0 Å². The second-order valence-electron chi connectivity index (χ2n) is 4.45. The van der Waals surface area contributed by atoms with Crippen molar-refractivity contribution in [3.63, 3.8) is 0 Å². The zero-order chi connectivity index (χ0) is 13.1. The van der Waals surface area contributed by atoms with Gasteiger partial charge in [-0.25, -0.2) is 4.98 Å². The Labute approximate surface area is 105 Å². The molecule has 0 aliphatic carbocycles. The van der Waals surface area contributed by atoms with Gasteiger partial charge in [-0.2, -0.15) is 0 Å². The van der Waals surface area contributed by atoms with Crippen LogP contribution in [-0.2, 0) is 11.3 Å². The van der Waals surface area contributed by atoms with Crippen LogP contribution in [0.15, 0.2) is 29.1 Å². The van der Waals surface area contributed by atoms with E-state index in [-0.39, 0.29) is 11.3 Å². The Hall–Kier alpha value is -1.97. The average Bonchev–Trinajstić information content (AvgIpc) is 2.33. The minimum absolute atomic E-state index is 0.0720. The largest absolute Gasteiger partial charge is 0.305 e. The molecular weight excluding hydrogens is 228 g/mol. The second kappa shape index (κ2) is 5.12. The molecule has 94 valence electrons. The summed E-state index contributed by atoms with van der Waals surface area (Å²) >= 11 is 0. The van der Waals surface area contributed by atoms with Crippen LogP contribution in [0.2, 0.25) is 0 Å². The summed E-state index contributed by atoms with van der Waals surface area (Å²) in [6, 6.07) is 7.57. The lowest BCUT2D eigenvalue weighted by Crippen LogP contribution is -2.24. The predicted molar refractivity (Wildman–Crippen MR) is 70.7 cm³/mol. The van der Waals surface area contributed by atoms with Gasteiger partial charge in [0.25, 0.3) is 5.56 Å². The fraction of sp³-hybridized carbons (Fsp3) is 0.357. The van der Waals surface area contributed by atoms with Crippen molar-refractivity contribution in [2.45, 2.75) is 33.2 Å². The molecule has 18 heavy (non-hydrogen) atoms. The van der Waals surface area contributed by atoms with Crippen molar-refractivity contribution < 1.29 is 4.79 Å². The van der Waals surface area contributed by atoms with Gasteiger partial charge >= 0.3 is 0 Å². The van der Waals surface area contributed by atoms with Crippen molar-refractivity contribution in [2.75, 3.05) is 0 Å². The molecule has 1 heterocycles. The van der Waals surface area contributed by atoms with E-state index in [0.29, 0.717) is 25.1 Å². The van der Waals surface area contributed by atoms with Gasteiger partial charge in [0.1, 0.15) is 11.5 Å². The van der Waals surface area contributed by atoms with E-state index in [1.54, 1.807) is 18.4 Å². The lowest BCUT2D eigenvalue weighted by Gasteiger charge is -2.10. The molecule has 0 spiro atoms. The molecule has 0 atom stereocenters. The summed E-state index contributed by atoms with van der Waals surface area (Å²) in [5, 5.41) is 0. The standard InChI is InChI=1S/C14H16N2O2/c1-10(17)6-5-9-16-13-8-4-3-7-12(13)15-11(2)14(16)18/h3-4,7-8H,5-6,9H2,1-2H3. The molecule has 0 radical (unpaired) electrons. The molecule has 0 unspecified atom stereocenters. The molecule has 0 N–H and O–H groups in total. The number of rotatable bonds is 4. The molecule has 0 aliphatic rings. The first kappa shape index (κ1) is 12.5. The van der Waals surface area contributed by atoms with Crippen LogP contribution in [0.5, 0.6) is 0 Å². The van der Waals surface area contributed by atoms with Gasteiger partial charge in [0, 0.05) is 13.0 Å². The van der Waals surface area contributed by atoms with E-state index in [9.17, 15) is 9.59 Å². The van der Waals surface area contributed by atoms with Crippen LogP contribution < -0.4 is 5.56 Å². The van der Waals surface area contributed by atoms with Gasteiger partial charge in [-0.15, -0.1) is 0 Å². The molecule has 0 saturated heterocycles. The van der Waals surface area contributed by atoms with E-state index in [0.717, 1.165) is 11.0 Å². The van der Waals surface area contributed by atoms with E-state index in [1.165, 1.54) is 0 Å². The molecule has 0 fully saturated rings. The van der Waals surface area contributed by atoms with Crippen molar-refractivity contribution in [3.05, 3.63) is 40.3 Å². The van der Waals surface area contributed by atoms with Gasteiger partial charge in [0.15, 0.2) is 0 Å². The molecule has 0 bridgehead atoms. The van der Waals surface area contributed by atoms with Crippen molar-refractivity contribution >= 4 is 16.8 Å². The van der Waals surface area contributed by atoms with E-state index >= 15 is 0 Å². The summed E-state index contributed by atoms with van der Waals surface area (Å²) in [6.45, 7) is 3.84. The Morgan fingerprint density at radius 1 is 1.33 bits per heavy atom. The van der Waals surface area contributed by atoms with Crippen LogP contribution in [0.25, 0.3) is 11.0 Å². The Balaban J connectivity index is 2.43. The minimum Gasteiger partial charge on any atom is -0.305 e. The lowest BCUT2D eigenvalue weighted by molar-refractivity contribution is -0.117. The van der Waals surface area contributed by atoms with Crippen LogP contribution >= 0.6 is 0 Å². The second-order valence-corrected chi connectivity index (χ2v) is 4.45. The van der Waals surface area contributed by atoms with Crippen LogP contribution in [0.3, 0.4) is 0 Å². The van der Waals surface area contributed by atoms with E-state index < -0.39 is 0 Å². The number of ketones is 1. The predicted octanol–water partition coefficient (Wildman–Crippen LogP) is 2.07. The van der Waals surface area contributed by atoms with E-state index in [2.05, 4.69) is 4.98 Å². The zero-order valence-corrected chi connectivity index (χ0v) is 10.6. The number of para-hydroxylation sites is 2. The summed E-state index contributed by atoms with van der Waals surface area (Å²) in [7, 11) is 0. The number of nitrogens with zero attached hydrogens (tertiary/aromatic N) is 2. The fourth-order valence-corrected chi connectivity index (χ4v) is 2.03. The molecule has 0 aliphatic heterocycles. The molecule has 2 aromatic rings. The van der Waals surface area contributed by atoms with E-state index in [4.69, 9.17) is 0 Å². The number of hydrogen-bond acceptors (Lipinski definition) is 3. The first-order chi connectivity index (χ1) is 8.59. The van der Waals surface area contributed by atoms with Crippen molar-refractivity contribution in [1.82, 2.24) is 9.55 Å². The maximum Gasteiger partial charge on any atom is 0.272 e. The van der Waals surface area contributed by atoms with Crippen molar-refractivity contribution in [2.24, 2.45) is 0 Å². The van der Waals surface area contributed by atoms with Gasteiger partial charge in [0.05, 0.1) is 11.0 Å². The van der Waals surface area contributed by atoms with Crippen molar-refractivity contribution in [1.29, 1.82) is 0 Å². The number of carbonyl (C=O) groups excluding carboxylic acids is 1. The first-order valence-electron chi connectivity index (χ1n) is 6.05. The minimum atomic E-state index is -0.0720. The average molecular weight is 244 g/mol. The summed E-state index contributed by atoms with van der Waals surface area (Å²) in [5.41, 5.74) is 2.07. The third-order valence-electron chi connectivity index (χ3n) is 2.93. The van der Waals surface area contributed by atoms with Crippen LogP contribution in [-0.4, -0.2) is 15.3 Å². The normalized spacial score (nSPS) is 10.8. The van der Waals surface area contributed by atoms with E-state index in [1.807, 2.05) is 24.3 Å². The van der Waals surface area contributed by atoms with Gasteiger partial charge in [0.2, 0.25) is 0 Å². The first-order valence-corrected chi connectivity index (χ1v) is 6.05. The lowest BCUT2D eigenvalue weighted by atomic mass is 10.2. The Morgan fingerprint density at radius 2 is 2.06 bits per heavy atom. The highest BCUT2D eigenvalue weighted by atomic mass is 16.1. The van der Waals surface area contributed by atoms with Gasteiger partial charge < -0.3 is 9.36 Å². The molecule has 4 nitrogen and oxygen atoms in total. The van der Waals surface area contributed by atoms with Crippen molar-refractivity contribution in [3.8, 4) is 0 Å². The molecule has 1 aromatic carbocycles. The maximum absolute atomic E-state index is 12.1. The highest BCUT2D eigenvalue weighted by Gasteiger charge is 2.07. The number of Topliss-reactive ketones (excluding diaryl/α,β-unsaturated/α-hetero) is 1. The van der Waals surface area contributed by atoms with Gasteiger partial charge in [-0.3, -0.25) is 4.79 Å². The quantitative estimate of drug-likeness (QED) is 0.827. The summed E-state index contributed by atoms with van der Waals surface area (Å²) in [4.78, 5) is 27.3. The van der Waals surface area contributed by atoms with Gasteiger partial charge in [-0.1, -0.05) is 12.1 Å². The van der Waals surface area contributed by atoms with Gasteiger partial charge in [-0.05, 0) is 32.4 Å². The van der Waals surface area contributed by atoms with Crippen LogP contribution in [0.4, 0.5) is 0 Å². The fourth-order valence-electron chi connectivity index (χ4n) is 2.03. The molecule has 2 rings (SSSR count). The highest BCUT2D eigenvalue weighted by molar-refractivity contribution is 5.76. The van der Waals surface area contributed by atoms with Crippen LogP contribution in [0.1, 0.15) is 25.5 Å². The summed E-state index contributed by atoms with van der Waals surface area (Å²) in [6.07, 6.45) is 1.19. The molecule has 0 amide bonds. The number of benzene rings is 1. The molecular formula is C14H16N2O2. The Morgan fingerprint density at radius 3 is 2.78 bits per heavy atom.